The fraction of sp³-hybridized carbons (Fsp3) is 0.133. The van der Waals surface area contributed by atoms with Gasteiger partial charge in [0.1, 0.15) is 5.75 Å². The summed E-state index contributed by atoms with van der Waals surface area (Å²) < 4.78 is 5.37. The largest absolute Gasteiger partial charge is 0.496 e. The molecule has 6 heteroatoms. The number of non-ortho nitro benzene ring substituents is 1. The Morgan fingerprint density at radius 1 is 1.24 bits per heavy atom. The molecule has 2 aromatic carbocycles. The highest BCUT2D eigenvalue weighted by molar-refractivity contribution is 5.80. The zero-order chi connectivity index (χ0) is 15.4. The molecule has 1 amide bonds. The number of rotatable bonds is 5. The molecule has 0 atom stereocenters. The van der Waals surface area contributed by atoms with Crippen molar-refractivity contribution < 1.29 is 14.5 Å². The third-order valence-corrected chi connectivity index (χ3v) is 3.05. The van der Waals surface area contributed by atoms with E-state index in [0.29, 0.717) is 11.3 Å². The quantitative estimate of drug-likeness (QED) is 0.673. The summed E-state index contributed by atoms with van der Waals surface area (Å²) in [6.07, 6.45) is 0.0734. The van der Waals surface area contributed by atoms with Gasteiger partial charge < -0.3 is 10.5 Å². The maximum atomic E-state index is 11.1. The summed E-state index contributed by atoms with van der Waals surface area (Å²) in [7, 11) is 1.51. The fourth-order valence-corrected chi connectivity index (χ4v) is 2.14. The van der Waals surface area contributed by atoms with Crippen molar-refractivity contribution in [2.24, 2.45) is 5.73 Å². The monoisotopic (exact) mass is 286 g/mol. The van der Waals surface area contributed by atoms with Gasteiger partial charge in [-0.15, -0.1) is 0 Å². The lowest BCUT2D eigenvalue weighted by molar-refractivity contribution is -0.384. The van der Waals surface area contributed by atoms with Crippen LogP contribution in [0, 0.1) is 10.1 Å². The predicted octanol–water partition coefficient (Wildman–Crippen LogP) is 2.30. The number of amides is 1. The van der Waals surface area contributed by atoms with Crippen molar-refractivity contribution >= 4 is 11.6 Å². The Hall–Kier alpha value is -2.89. The molecule has 0 aliphatic rings. The van der Waals surface area contributed by atoms with Gasteiger partial charge in [-0.2, -0.15) is 0 Å². The van der Waals surface area contributed by atoms with Crippen molar-refractivity contribution in [3.8, 4) is 16.9 Å². The van der Waals surface area contributed by atoms with Crippen LogP contribution in [0.4, 0.5) is 5.69 Å². The summed E-state index contributed by atoms with van der Waals surface area (Å²) >= 11 is 0. The van der Waals surface area contributed by atoms with E-state index < -0.39 is 10.8 Å². The van der Waals surface area contributed by atoms with E-state index in [1.807, 2.05) is 6.07 Å². The first-order valence-electron chi connectivity index (χ1n) is 6.22. The summed E-state index contributed by atoms with van der Waals surface area (Å²) in [5.41, 5.74) is 7.44. The number of carbonyl (C=O) groups excluding carboxylic acids is 1. The van der Waals surface area contributed by atoms with Crippen molar-refractivity contribution in [2.75, 3.05) is 7.11 Å². The van der Waals surface area contributed by atoms with Crippen LogP contribution in [0.2, 0.25) is 0 Å². The number of para-hydroxylation sites is 1. The van der Waals surface area contributed by atoms with Gasteiger partial charge in [0.15, 0.2) is 0 Å². The number of ether oxygens (including phenoxy) is 1. The van der Waals surface area contributed by atoms with Crippen LogP contribution in [-0.4, -0.2) is 17.9 Å². The lowest BCUT2D eigenvalue weighted by Gasteiger charge is -2.12. The second kappa shape index (κ2) is 6.04. The van der Waals surface area contributed by atoms with E-state index in [9.17, 15) is 14.9 Å². The van der Waals surface area contributed by atoms with Crippen molar-refractivity contribution in [1.29, 1.82) is 0 Å². The summed E-state index contributed by atoms with van der Waals surface area (Å²) in [4.78, 5) is 21.3. The minimum Gasteiger partial charge on any atom is -0.496 e. The average molecular weight is 286 g/mol. The molecule has 0 aliphatic carbocycles. The van der Waals surface area contributed by atoms with E-state index in [1.54, 1.807) is 24.3 Å². The lowest BCUT2D eigenvalue weighted by Crippen LogP contribution is -2.14. The second-order valence-electron chi connectivity index (χ2n) is 4.45. The van der Waals surface area contributed by atoms with Gasteiger partial charge >= 0.3 is 0 Å². The summed E-state index contributed by atoms with van der Waals surface area (Å²) in [5, 5.41) is 10.7. The van der Waals surface area contributed by atoms with Crippen LogP contribution in [-0.2, 0) is 11.2 Å². The molecular formula is C15H14N2O4. The standard InChI is InChI=1S/C15H14N2O4/c1-21-15-11(9-14(16)18)3-2-4-13(15)10-5-7-12(8-6-10)17(19)20/h2-8H,9H2,1H3,(H2,16,18). The highest BCUT2D eigenvalue weighted by Gasteiger charge is 2.13. The zero-order valence-electron chi connectivity index (χ0n) is 11.4. The molecule has 0 radical (unpaired) electrons. The van der Waals surface area contributed by atoms with Gasteiger partial charge in [-0.3, -0.25) is 14.9 Å². The molecule has 2 aromatic rings. The third kappa shape index (κ3) is 3.17. The van der Waals surface area contributed by atoms with Crippen molar-refractivity contribution in [3.05, 3.63) is 58.1 Å². The average Bonchev–Trinajstić information content (AvgIpc) is 2.46. The Labute approximate surface area is 121 Å². The Morgan fingerprint density at radius 2 is 1.90 bits per heavy atom. The molecule has 0 spiro atoms. The van der Waals surface area contributed by atoms with E-state index >= 15 is 0 Å². The smallest absolute Gasteiger partial charge is 0.269 e. The van der Waals surface area contributed by atoms with Crippen LogP contribution >= 0.6 is 0 Å². The predicted molar refractivity (Wildman–Crippen MR) is 78.0 cm³/mol. The topological polar surface area (TPSA) is 95.5 Å². The number of nitrogens with zero attached hydrogens (tertiary/aromatic N) is 1. The van der Waals surface area contributed by atoms with E-state index in [1.165, 1.54) is 19.2 Å². The Bertz CT molecular complexity index is 681. The molecule has 0 saturated heterocycles. The highest BCUT2D eigenvalue weighted by Crippen LogP contribution is 2.34. The van der Waals surface area contributed by atoms with E-state index in [2.05, 4.69) is 0 Å². The van der Waals surface area contributed by atoms with Gasteiger partial charge in [0.25, 0.3) is 5.69 Å². The van der Waals surface area contributed by atoms with Gasteiger partial charge in [-0.25, -0.2) is 0 Å². The van der Waals surface area contributed by atoms with E-state index in [-0.39, 0.29) is 12.1 Å². The van der Waals surface area contributed by atoms with Gasteiger partial charge in [0, 0.05) is 23.3 Å². The number of primary amides is 1. The zero-order valence-corrected chi connectivity index (χ0v) is 11.4. The van der Waals surface area contributed by atoms with Crippen LogP contribution in [0.25, 0.3) is 11.1 Å². The number of carbonyl (C=O) groups is 1. The molecule has 2 N–H and O–H groups in total. The first kappa shape index (κ1) is 14.5. The first-order valence-corrected chi connectivity index (χ1v) is 6.22. The highest BCUT2D eigenvalue weighted by atomic mass is 16.6. The summed E-state index contributed by atoms with van der Waals surface area (Å²) in [5.74, 6) is 0.0966. The fourth-order valence-electron chi connectivity index (χ4n) is 2.14. The number of hydrogen-bond acceptors (Lipinski definition) is 4. The SMILES string of the molecule is COc1c(CC(N)=O)cccc1-c1ccc([N+](=O)[O-])cc1. The number of nitrogens with two attached hydrogens (primary N) is 1. The number of nitro groups is 1. The first-order chi connectivity index (χ1) is 10.0. The van der Waals surface area contributed by atoms with Crippen LogP contribution in [0.1, 0.15) is 5.56 Å². The number of benzene rings is 2. The Balaban J connectivity index is 2.47. The van der Waals surface area contributed by atoms with E-state index in [0.717, 1.165) is 11.1 Å². The van der Waals surface area contributed by atoms with Crippen molar-refractivity contribution in [3.63, 3.8) is 0 Å². The Morgan fingerprint density at radius 3 is 2.43 bits per heavy atom. The summed E-state index contributed by atoms with van der Waals surface area (Å²) in [6, 6.07) is 11.5. The number of nitro benzene ring substituents is 1. The Kier molecular flexibility index (Phi) is 4.18. The molecule has 0 unspecified atom stereocenters. The maximum Gasteiger partial charge on any atom is 0.269 e. The normalized spacial score (nSPS) is 10.1. The van der Waals surface area contributed by atoms with Gasteiger partial charge in [-0.05, 0) is 17.7 Å². The number of methoxy groups -OCH3 is 1. The van der Waals surface area contributed by atoms with Crippen molar-refractivity contribution in [2.45, 2.75) is 6.42 Å². The third-order valence-electron chi connectivity index (χ3n) is 3.05. The maximum absolute atomic E-state index is 11.1. The van der Waals surface area contributed by atoms with Gasteiger partial charge in [-0.1, -0.05) is 18.2 Å². The molecule has 0 bridgehead atoms. The molecule has 0 aromatic heterocycles. The van der Waals surface area contributed by atoms with Crippen LogP contribution < -0.4 is 10.5 Å². The molecule has 21 heavy (non-hydrogen) atoms. The molecule has 0 heterocycles. The van der Waals surface area contributed by atoms with Crippen LogP contribution in [0.3, 0.4) is 0 Å². The van der Waals surface area contributed by atoms with Crippen LogP contribution in [0.15, 0.2) is 42.5 Å². The minimum absolute atomic E-state index is 0.0195. The number of hydrogen-bond donors (Lipinski definition) is 1. The minimum atomic E-state index is -0.454. The molecule has 2 rings (SSSR count). The molecule has 0 fully saturated rings. The van der Waals surface area contributed by atoms with Crippen molar-refractivity contribution in [1.82, 2.24) is 0 Å². The molecule has 0 saturated carbocycles. The van der Waals surface area contributed by atoms with E-state index in [4.69, 9.17) is 10.5 Å². The van der Waals surface area contributed by atoms with Gasteiger partial charge in [0.2, 0.25) is 5.91 Å². The summed E-state index contributed by atoms with van der Waals surface area (Å²) in [6.45, 7) is 0. The second-order valence-corrected chi connectivity index (χ2v) is 4.45. The van der Waals surface area contributed by atoms with Crippen LogP contribution in [0.5, 0.6) is 5.75 Å². The molecular weight excluding hydrogens is 272 g/mol. The van der Waals surface area contributed by atoms with Gasteiger partial charge in [0.05, 0.1) is 18.5 Å². The lowest BCUT2D eigenvalue weighted by atomic mass is 9.99. The molecule has 6 nitrogen and oxygen atoms in total. The molecule has 0 aliphatic heterocycles. The molecule has 108 valence electrons.